The first-order valence-electron chi connectivity index (χ1n) is 10.8. The molecule has 2 aliphatic rings. The van der Waals surface area contributed by atoms with E-state index < -0.39 is 0 Å². The Labute approximate surface area is 178 Å². The van der Waals surface area contributed by atoms with Crippen LogP contribution >= 0.6 is 0 Å². The average Bonchev–Trinajstić information content (AvgIpc) is 3.04. The molecule has 2 unspecified atom stereocenters. The summed E-state index contributed by atoms with van der Waals surface area (Å²) in [5.41, 5.74) is 2.98. The predicted molar refractivity (Wildman–Crippen MR) is 118 cm³/mol. The Morgan fingerprint density at radius 1 is 0.900 bits per heavy atom. The Morgan fingerprint density at radius 2 is 1.47 bits per heavy atom. The molecule has 0 bridgehead atoms. The number of carbonyl (C=O) groups is 1. The van der Waals surface area contributed by atoms with Crippen molar-refractivity contribution in [3.05, 3.63) is 108 Å². The quantitative estimate of drug-likeness (QED) is 0.533. The number of ether oxygens (including phenoxy) is 1. The summed E-state index contributed by atoms with van der Waals surface area (Å²) in [5, 5.41) is 0. The summed E-state index contributed by atoms with van der Waals surface area (Å²) >= 11 is 0. The normalized spacial score (nSPS) is 23.0. The Bertz CT molecular complexity index is 950. The first kappa shape index (κ1) is 19.1. The van der Waals surface area contributed by atoms with Gasteiger partial charge in [0.1, 0.15) is 0 Å². The van der Waals surface area contributed by atoms with Crippen molar-refractivity contribution >= 4 is 5.97 Å². The van der Waals surface area contributed by atoms with E-state index >= 15 is 0 Å². The molecule has 5 rings (SSSR count). The van der Waals surface area contributed by atoms with Gasteiger partial charge in [-0.15, -0.1) is 0 Å². The van der Waals surface area contributed by atoms with Crippen LogP contribution < -0.4 is 0 Å². The van der Waals surface area contributed by atoms with Gasteiger partial charge in [0.15, 0.2) is 6.10 Å². The van der Waals surface area contributed by atoms with Gasteiger partial charge in [-0.3, -0.25) is 9.69 Å². The second kappa shape index (κ2) is 8.08. The van der Waals surface area contributed by atoms with Crippen molar-refractivity contribution < 1.29 is 9.53 Å². The van der Waals surface area contributed by atoms with Crippen LogP contribution in [0, 0.1) is 11.3 Å². The number of benzene rings is 3. The standard InChI is InChI=1S/C27H27NO2/c29-26(30-25(22-12-6-2-7-13-22)23-14-8-3-9-15-23)27-17-16-24(27)19-28(20-27)18-21-10-4-1-5-11-21/h1-15,24-25H,16-20H2. The minimum Gasteiger partial charge on any atom is -0.452 e. The molecule has 1 saturated heterocycles. The lowest BCUT2D eigenvalue weighted by Gasteiger charge is -2.42. The van der Waals surface area contributed by atoms with Gasteiger partial charge in [-0.1, -0.05) is 91.0 Å². The van der Waals surface area contributed by atoms with Gasteiger partial charge in [0, 0.05) is 19.6 Å². The third kappa shape index (κ3) is 3.54. The maximum absolute atomic E-state index is 13.5. The van der Waals surface area contributed by atoms with Gasteiger partial charge in [0.05, 0.1) is 5.41 Å². The van der Waals surface area contributed by atoms with E-state index in [0.717, 1.165) is 43.6 Å². The molecule has 30 heavy (non-hydrogen) atoms. The van der Waals surface area contributed by atoms with Gasteiger partial charge in [-0.2, -0.15) is 0 Å². The van der Waals surface area contributed by atoms with E-state index in [1.165, 1.54) is 5.56 Å². The molecule has 1 saturated carbocycles. The number of hydrogen-bond acceptors (Lipinski definition) is 3. The molecule has 3 heteroatoms. The van der Waals surface area contributed by atoms with E-state index in [1.54, 1.807) is 0 Å². The van der Waals surface area contributed by atoms with Crippen LogP contribution in [0.5, 0.6) is 0 Å². The van der Waals surface area contributed by atoms with Crippen molar-refractivity contribution in [2.45, 2.75) is 25.5 Å². The Morgan fingerprint density at radius 3 is 2.00 bits per heavy atom. The van der Waals surface area contributed by atoms with Crippen LogP contribution in [0.25, 0.3) is 0 Å². The fraction of sp³-hybridized carbons (Fsp3) is 0.296. The molecule has 1 aliphatic carbocycles. The minimum atomic E-state index is -0.362. The third-order valence-electron chi connectivity index (χ3n) is 6.79. The van der Waals surface area contributed by atoms with E-state index in [2.05, 4.69) is 29.2 Å². The molecule has 2 atom stereocenters. The largest absolute Gasteiger partial charge is 0.452 e. The molecule has 3 nitrogen and oxygen atoms in total. The maximum atomic E-state index is 13.5. The summed E-state index contributed by atoms with van der Waals surface area (Å²) in [7, 11) is 0. The smallest absolute Gasteiger partial charge is 0.314 e. The van der Waals surface area contributed by atoms with Crippen LogP contribution in [-0.4, -0.2) is 24.0 Å². The van der Waals surface area contributed by atoms with Crippen molar-refractivity contribution in [3.8, 4) is 0 Å². The zero-order valence-electron chi connectivity index (χ0n) is 17.1. The van der Waals surface area contributed by atoms with E-state index in [4.69, 9.17) is 4.74 Å². The second-order valence-electron chi connectivity index (χ2n) is 8.65. The molecule has 1 heterocycles. The van der Waals surface area contributed by atoms with Gasteiger partial charge < -0.3 is 4.74 Å². The number of hydrogen-bond donors (Lipinski definition) is 0. The highest BCUT2D eigenvalue weighted by atomic mass is 16.5. The number of nitrogens with zero attached hydrogens (tertiary/aromatic N) is 1. The highest BCUT2D eigenvalue weighted by Gasteiger charge is 2.59. The second-order valence-corrected chi connectivity index (χ2v) is 8.65. The maximum Gasteiger partial charge on any atom is 0.314 e. The molecule has 152 valence electrons. The summed E-state index contributed by atoms with van der Waals surface area (Å²) in [5.74, 6) is 0.368. The number of likely N-dealkylation sites (tertiary alicyclic amines) is 1. The minimum absolute atomic E-state index is 0.0352. The topological polar surface area (TPSA) is 29.5 Å². The fourth-order valence-corrected chi connectivity index (χ4v) is 5.05. The number of carbonyl (C=O) groups excluding carboxylic acids is 1. The molecule has 0 aromatic heterocycles. The lowest BCUT2D eigenvalue weighted by atomic mass is 9.62. The van der Waals surface area contributed by atoms with Gasteiger partial charge >= 0.3 is 5.97 Å². The molecule has 0 amide bonds. The van der Waals surface area contributed by atoms with Crippen molar-refractivity contribution in [1.29, 1.82) is 0 Å². The van der Waals surface area contributed by atoms with Crippen LogP contribution in [-0.2, 0) is 16.1 Å². The molecule has 0 spiro atoms. The monoisotopic (exact) mass is 397 g/mol. The average molecular weight is 398 g/mol. The predicted octanol–water partition coefficient (Wildman–Crippen LogP) is 5.23. The third-order valence-corrected chi connectivity index (χ3v) is 6.79. The molecule has 1 aliphatic heterocycles. The van der Waals surface area contributed by atoms with Gasteiger partial charge in [0.25, 0.3) is 0 Å². The summed E-state index contributed by atoms with van der Waals surface area (Å²) in [6.07, 6.45) is 1.68. The van der Waals surface area contributed by atoms with Crippen molar-refractivity contribution in [3.63, 3.8) is 0 Å². The number of rotatable bonds is 6. The Hall–Kier alpha value is -2.91. The lowest BCUT2D eigenvalue weighted by molar-refractivity contribution is -0.168. The highest BCUT2D eigenvalue weighted by molar-refractivity contribution is 5.80. The zero-order chi connectivity index (χ0) is 20.4. The van der Waals surface area contributed by atoms with Crippen LogP contribution in [0.4, 0.5) is 0 Å². The van der Waals surface area contributed by atoms with Gasteiger partial charge in [-0.05, 0) is 35.4 Å². The highest BCUT2D eigenvalue weighted by Crippen LogP contribution is 2.53. The summed E-state index contributed by atoms with van der Waals surface area (Å²) < 4.78 is 6.26. The molecule has 3 aromatic carbocycles. The lowest BCUT2D eigenvalue weighted by Crippen LogP contribution is -2.47. The SMILES string of the molecule is O=C(OC(c1ccccc1)c1ccccc1)C12CCC1CN(Cc1ccccc1)C2. The molecule has 0 N–H and O–H groups in total. The summed E-state index contributed by atoms with van der Waals surface area (Å²) in [6, 6.07) is 30.7. The first-order chi connectivity index (χ1) is 14.7. The van der Waals surface area contributed by atoms with E-state index in [9.17, 15) is 4.79 Å². The first-order valence-corrected chi connectivity index (χ1v) is 10.8. The van der Waals surface area contributed by atoms with Gasteiger partial charge in [-0.25, -0.2) is 0 Å². The summed E-state index contributed by atoms with van der Waals surface area (Å²) in [6.45, 7) is 2.67. The molecule has 3 aromatic rings. The fourth-order valence-electron chi connectivity index (χ4n) is 5.05. The van der Waals surface area contributed by atoms with Crippen molar-refractivity contribution in [2.24, 2.45) is 11.3 Å². The van der Waals surface area contributed by atoms with Crippen molar-refractivity contribution in [1.82, 2.24) is 4.90 Å². The van der Waals surface area contributed by atoms with Crippen LogP contribution in [0.1, 0.15) is 35.6 Å². The van der Waals surface area contributed by atoms with E-state index in [0.29, 0.717) is 5.92 Å². The molecular weight excluding hydrogens is 370 g/mol. The molecule has 0 radical (unpaired) electrons. The zero-order valence-corrected chi connectivity index (χ0v) is 17.1. The van der Waals surface area contributed by atoms with Crippen LogP contribution in [0.3, 0.4) is 0 Å². The number of esters is 1. The van der Waals surface area contributed by atoms with E-state index in [-0.39, 0.29) is 17.5 Å². The Kier molecular flexibility index (Phi) is 5.14. The number of fused-ring (bicyclic) bond motifs is 1. The Balaban J connectivity index is 1.35. The molecular formula is C27H27NO2. The summed E-state index contributed by atoms with van der Waals surface area (Å²) in [4.78, 5) is 16.0. The van der Waals surface area contributed by atoms with Crippen LogP contribution in [0.15, 0.2) is 91.0 Å². The van der Waals surface area contributed by atoms with Gasteiger partial charge in [0.2, 0.25) is 0 Å². The molecule has 2 fully saturated rings. The van der Waals surface area contributed by atoms with Crippen molar-refractivity contribution in [2.75, 3.05) is 13.1 Å². The van der Waals surface area contributed by atoms with Crippen LogP contribution in [0.2, 0.25) is 0 Å². The van der Waals surface area contributed by atoms with E-state index in [1.807, 2.05) is 66.7 Å².